The van der Waals surface area contributed by atoms with Crippen molar-refractivity contribution in [3.63, 3.8) is 0 Å². The molecule has 4 amide bonds. The molecule has 0 atom stereocenters. The summed E-state index contributed by atoms with van der Waals surface area (Å²) in [5, 5.41) is 10.8. The first kappa shape index (κ1) is 48.8. The van der Waals surface area contributed by atoms with Crippen molar-refractivity contribution >= 4 is 103 Å². The number of alkyl halides is 3. The Balaban J connectivity index is 1.02. The molecule has 2 aromatic carbocycles. The fourth-order valence-electron chi connectivity index (χ4n) is 7.62. The number of rotatable bonds is 15. The summed E-state index contributed by atoms with van der Waals surface area (Å²) in [6, 6.07) is 15.5. The van der Waals surface area contributed by atoms with Crippen LogP contribution in [0.3, 0.4) is 0 Å². The number of methoxy groups -OCH3 is 1. The van der Waals surface area contributed by atoms with Gasteiger partial charge in [0.05, 0.1) is 24.0 Å². The number of ether oxygens (including phenoxy) is 2. The van der Waals surface area contributed by atoms with Gasteiger partial charge in [-0.15, -0.1) is 0 Å². The number of thiazole rings is 2. The summed E-state index contributed by atoms with van der Waals surface area (Å²) < 4.78 is 52.2. The molecule has 8 rings (SSSR count). The van der Waals surface area contributed by atoms with E-state index in [0.29, 0.717) is 28.6 Å². The van der Waals surface area contributed by atoms with Crippen LogP contribution >= 0.6 is 46.2 Å². The molecule has 4 heterocycles. The van der Waals surface area contributed by atoms with E-state index in [4.69, 9.17) is 9.47 Å². The Morgan fingerprint density at radius 3 is 1.52 bits per heavy atom. The number of aromatic nitrogens is 4. The monoisotopic (exact) mass is 1020 g/mol. The predicted octanol–water partition coefficient (Wildman–Crippen LogP) is 11.8. The molecular formula is C46H39F3N8O8S4. The number of carbonyl (C=O) groups is 6. The van der Waals surface area contributed by atoms with E-state index in [2.05, 4.69) is 41.2 Å². The zero-order valence-corrected chi connectivity index (χ0v) is 39.5. The average Bonchev–Trinajstić information content (AvgIpc) is 4.19. The topological polar surface area (TPSA) is 221 Å². The smallest absolute Gasteiger partial charge is 0.416 e. The van der Waals surface area contributed by atoms with Crippen LogP contribution in [-0.2, 0) is 10.9 Å². The highest BCUT2D eigenvalue weighted by Gasteiger charge is 2.35. The first-order chi connectivity index (χ1) is 33.2. The number of nitrogens with zero attached hydrogens (tertiary/aromatic N) is 4. The van der Waals surface area contributed by atoms with E-state index in [1.165, 1.54) is 19.5 Å². The van der Waals surface area contributed by atoms with E-state index in [9.17, 15) is 41.9 Å². The number of hydrogen-bond acceptors (Lipinski definition) is 16. The van der Waals surface area contributed by atoms with E-state index < -0.39 is 53.1 Å². The molecule has 6 aromatic rings. The Morgan fingerprint density at radius 2 is 1.09 bits per heavy atom. The third-order valence-corrected chi connectivity index (χ3v) is 15.1. The number of Topliss-reactive ketones (excluding diaryl/α,β-unsaturated/α-hetero) is 2. The lowest BCUT2D eigenvalue weighted by atomic mass is 9.93. The molecule has 69 heavy (non-hydrogen) atoms. The number of pyridine rings is 2. The van der Waals surface area contributed by atoms with Crippen LogP contribution in [0, 0.1) is 11.8 Å². The molecule has 2 aliphatic carbocycles. The second-order valence-electron chi connectivity index (χ2n) is 15.5. The molecule has 4 aromatic heterocycles. The molecule has 2 aliphatic rings. The van der Waals surface area contributed by atoms with Crippen LogP contribution < -0.4 is 26.0 Å². The van der Waals surface area contributed by atoms with Gasteiger partial charge in [-0.2, -0.15) is 13.2 Å². The maximum absolute atomic E-state index is 13.9. The minimum absolute atomic E-state index is 0.0683. The number of halogens is 3. The number of anilines is 4. The zero-order valence-electron chi connectivity index (χ0n) is 36.2. The number of carbonyl (C=O) groups excluding carboxylic acids is 6. The van der Waals surface area contributed by atoms with E-state index in [0.717, 1.165) is 103 Å². The Labute approximate surface area is 408 Å². The third-order valence-electron chi connectivity index (χ3n) is 10.9. The predicted molar refractivity (Wildman–Crippen MR) is 253 cm³/mol. The summed E-state index contributed by atoms with van der Waals surface area (Å²) in [5.41, 5.74) is -1.73. The van der Waals surface area contributed by atoms with Crippen LogP contribution in [0.1, 0.15) is 98.6 Å². The van der Waals surface area contributed by atoms with Gasteiger partial charge < -0.3 is 20.1 Å². The number of urea groups is 2. The van der Waals surface area contributed by atoms with Gasteiger partial charge in [-0.3, -0.25) is 20.2 Å². The molecule has 356 valence electrons. The Morgan fingerprint density at radius 1 is 0.623 bits per heavy atom. The van der Waals surface area contributed by atoms with E-state index in [1.54, 1.807) is 54.6 Å². The van der Waals surface area contributed by atoms with Crippen molar-refractivity contribution in [3.8, 4) is 5.75 Å². The molecule has 4 N–H and O–H groups in total. The molecule has 0 bridgehead atoms. The number of hydrogen-bond donors (Lipinski definition) is 4. The van der Waals surface area contributed by atoms with E-state index >= 15 is 0 Å². The minimum Gasteiger partial charge on any atom is -0.497 e. The second-order valence-corrected chi connectivity index (χ2v) is 20.1. The molecule has 0 unspecified atom stereocenters. The lowest BCUT2D eigenvalue weighted by Crippen LogP contribution is -2.23. The van der Waals surface area contributed by atoms with Crippen molar-refractivity contribution in [3.05, 3.63) is 113 Å². The van der Waals surface area contributed by atoms with Crippen LogP contribution in [-0.4, -0.2) is 62.6 Å². The van der Waals surface area contributed by atoms with Crippen molar-refractivity contribution in [2.75, 3.05) is 28.4 Å². The van der Waals surface area contributed by atoms with Gasteiger partial charge in [-0.25, -0.2) is 39.1 Å². The second kappa shape index (κ2) is 21.7. The van der Waals surface area contributed by atoms with Crippen LogP contribution in [0.4, 0.5) is 44.4 Å². The largest absolute Gasteiger partial charge is 0.497 e. The number of esters is 2. The Bertz CT molecular complexity index is 2910. The van der Waals surface area contributed by atoms with Gasteiger partial charge in [-0.05, 0) is 86.3 Å². The average molecular weight is 1020 g/mol. The fourth-order valence-corrected chi connectivity index (χ4v) is 11.6. The summed E-state index contributed by atoms with van der Waals surface area (Å²) in [6.07, 6.45) is 4.15. The lowest BCUT2D eigenvalue weighted by Gasteiger charge is -2.16. The number of nitrogens with one attached hydrogen (secondary N) is 4. The fraction of sp³-hybridized carbons (Fsp3) is 0.261. The van der Waals surface area contributed by atoms with E-state index in [1.807, 2.05) is 0 Å². The van der Waals surface area contributed by atoms with Gasteiger partial charge >= 0.3 is 30.2 Å². The molecular weight excluding hydrogens is 978 g/mol. The van der Waals surface area contributed by atoms with Crippen LogP contribution in [0.2, 0.25) is 0 Å². The van der Waals surface area contributed by atoms with Gasteiger partial charge in [0, 0.05) is 35.4 Å². The first-order valence-electron chi connectivity index (χ1n) is 21.3. The van der Waals surface area contributed by atoms with Crippen molar-refractivity contribution in [2.24, 2.45) is 11.8 Å². The first-order valence-corrected chi connectivity index (χ1v) is 24.6. The minimum atomic E-state index is -4.74. The molecule has 0 radical (unpaired) electrons. The highest BCUT2D eigenvalue weighted by atomic mass is 32.2. The normalized spacial score (nSPS) is 14.0. The quantitative estimate of drug-likeness (QED) is 0.0427. The maximum Gasteiger partial charge on any atom is 0.416 e. The SMILES string of the molecule is COc1ccc(NC(=O)Nc2nc(C(=O)OC(=O)c3nc(NC(=O)Nc4ccc(C(F)(F)F)cc4C(=O)C4CCCC4)sc3Sc3ccccn3)c(Sc3ccccn3)s2)c(C(=O)C2CCCC2)c1. The summed E-state index contributed by atoms with van der Waals surface area (Å²) in [6.45, 7) is 0. The standard InChI is InChI=1S/C46H39F3N8O8S4/c1-64-27-17-19-31(29(23-27)37(59)25-12-4-5-13-25)53-43(63)57-45-55-35(41(69-45)67-33-15-7-9-21-51-33)39(61)65-38(60)34-40(66-32-14-6-8-20-50-32)68-44(54-34)56-42(62)52-30-18-16-26(46(47,48)49)22-28(30)36(58)24-10-2-3-11-24/h6-9,14-25H,2-5,10-13H2,1H3,(H2,52,54,56,62)(H2,53,55,57,63). The number of amides is 4. The molecule has 0 aliphatic heterocycles. The highest BCUT2D eigenvalue weighted by Crippen LogP contribution is 2.41. The Kier molecular flexibility index (Phi) is 15.4. The summed E-state index contributed by atoms with van der Waals surface area (Å²) >= 11 is 3.69. The zero-order chi connectivity index (χ0) is 48.7. The van der Waals surface area contributed by atoms with Crippen LogP contribution in [0.15, 0.2) is 104 Å². The number of ketones is 2. The molecule has 2 saturated carbocycles. The van der Waals surface area contributed by atoms with Crippen molar-refractivity contribution in [1.29, 1.82) is 0 Å². The van der Waals surface area contributed by atoms with Crippen LogP contribution in [0.5, 0.6) is 5.75 Å². The number of benzene rings is 2. The van der Waals surface area contributed by atoms with Crippen molar-refractivity contribution in [1.82, 2.24) is 19.9 Å². The maximum atomic E-state index is 13.9. The third kappa shape index (κ3) is 12.1. The molecule has 2 fully saturated rings. The highest BCUT2D eigenvalue weighted by molar-refractivity contribution is 8.01. The lowest BCUT2D eigenvalue weighted by molar-refractivity contribution is -0.137. The van der Waals surface area contributed by atoms with Gasteiger partial charge in [0.15, 0.2) is 33.2 Å². The molecule has 0 saturated heterocycles. The summed E-state index contributed by atoms with van der Waals surface area (Å²) in [4.78, 5) is 98.8. The van der Waals surface area contributed by atoms with Crippen molar-refractivity contribution in [2.45, 2.75) is 76.0 Å². The molecule has 0 spiro atoms. The van der Waals surface area contributed by atoms with Gasteiger partial charge in [0.1, 0.15) is 24.2 Å². The van der Waals surface area contributed by atoms with Crippen LogP contribution in [0.25, 0.3) is 0 Å². The van der Waals surface area contributed by atoms with E-state index in [-0.39, 0.29) is 58.6 Å². The van der Waals surface area contributed by atoms with Gasteiger partial charge in [-0.1, -0.05) is 84.0 Å². The molecule has 16 nitrogen and oxygen atoms in total. The summed E-state index contributed by atoms with van der Waals surface area (Å²) in [7, 11) is 1.47. The molecule has 23 heteroatoms. The van der Waals surface area contributed by atoms with Crippen molar-refractivity contribution < 1.29 is 51.4 Å². The Hall–Kier alpha value is -6.69. The van der Waals surface area contributed by atoms with Gasteiger partial charge in [0.25, 0.3) is 0 Å². The summed E-state index contributed by atoms with van der Waals surface area (Å²) in [5.74, 6) is -3.35. The van der Waals surface area contributed by atoms with Gasteiger partial charge in [0.2, 0.25) is 0 Å².